The highest BCUT2D eigenvalue weighted by Gasteiger charge is 2.30. The van der Waals surface area contributed by atoms with E-state index in [-0.39, 0.29) is 0 Å². The smallest absolute Gasteiger partial charge is 0.0700 e. The minimum absolute atomic E-state index is 0.511. The fourth-order valence-electron chi connectivity index (χ4n) is 2.15. The van der Waals surface area contributed by atoms with Crippen LogP contribution >= 0.6 is 0 Å². The molecule has 0 aromatic heterocycles. The molecule has 0 bridgehead atoms. The third-order valence-corrected chi connectivity index (χ3v) is 2.96. The summed E-state index contributed by atoms with van der Waals surface area (Å²) >= 11 is 0. The van der Waals surface area contributed by atoms with E-state index >= 15 is 0 Å². The van der Waals surface area contributed by atoms with E-state index in [1.54, 1.807) is 0 Å². The van der Waals surface area contributed by atoms with Crippen molar-refractivity contribution < 1.29 is 5.11 Å². The average molecular weight is 176 g/mol. The number of aryl methyl sites for hydroxylation is 2. The van der Waals surface area contributed by atoms with Crippen LogP contribution in [-0.4, -0.2) is 10.7 Å². The third-order valence-electron chi connectivity index (χ3n) is 2.96. The molecule has 1 nitrogen and oxygen atoms in total. The molecule has 1 aliphatic rings. The summed E-state index contributed by atoms with van der Waals surface area (Å²) in [6, 6.07) is 4.43. The highest BCUT2D eigenvalue weighted by atomic mass is 16.3. The van der Waals surface area contributed by atoms with Gasteiger partial charge in [-0.25, -0.2) is 0 Å². The van der Waals surface area contributed by atoms with Crippen LogP contribution in [0.2, 0.25) is 0 Å². The molecule has 1 aliphatic carbocycles. The van der Waals surface area contributed by atoms with Gasteiger partial charge in [0.15, 0.2) is 0 Å². The zero-order valence-electron chi connectivity index (χ0n) is 8.52. The Morgan fingerprint density at radius 1 is 1.08 bits per heavy atom. The summed E-state index contributed by atoms with van der Waals surface area (Å²) in [5.41, 5.74) is 4.80. The molecule has 0 aliphatic heterocycles. The van der Waals surface area contributed by atoms with Gasteiger partial charge >= 0.3 is 0 Å². The monoisotopic (exact) mass is 176 g/mol. The SMILES string of the molecule is Cc1cc2c(cc1C)CC(C)(O)C2. The quantitative estimate of drug-likeness (QED) is 0.642. The number of hydrogen-bond donors (Lipinski definition) is 1. The Balaban J connectivity index is 2.48. The summed E-state index contributed by atoms with van der Waals surface area (Å²) in [5, 5.41) is 9.90. The summed E-state index contributed by atoms with van der Waals surface area (Å²) in [6.45, 7) is 6.17. The molecule has 70 valence electrons. The fraction of sp³-hybridized carbons (Fsp3) is 0.500. The topological polar surface area (TPSA) is 20.2 Å². The van der Waals surface area contributed by atoms with Crippen LogP contribution in [0, 0.1) is 13.8 Å². The summed E-state index contributed by atoms with van der Waals surface area (Å²) in [7, 11) is 0. The van der Waals surface area contributed by atoms with Crippen LogP contribution in [0.15, 0.2) is 12.1 Å². The zero-order chi connectivity index (χ0) is 9.64. The van der Waals surface area contributed by atoms with Gasteiger partial charge < -0.3 is 5.11 Å². The van der Waals surface area contributed by atoms with Gasteiger partial charge in [-0.2, -0.15) is 0 Å². The molecule has 0 fully saturated rings. The Hall–Kier alpha value is -0.820. The maximum Gasteiger partial charge on any atom is 0.0700 e. The van der Waals surface area contributed by atoms with Crippen molar-refractivity contribution >= 4 is 0 Å². The number of rotatable bonds is 0. The lowest BCUT2D eigenvalue weighted by molar-refractivity contribution is 0.0719. The maximum atomic E-state index is 9.90. The van der Waals surface area contributed by atoms with Gasteiger partial charge in [0.25, 0.3) is 0 Å². The third kappa shape index (κ3) is 1.49. The number of hydrogen-bond acceptors (Lipinski definition) is 1. The van der Waals surface area contributed by atoms with Crippen molar-refractivity contribution in [3.63, 3.8) is 0 Å². The molecule has 0 saturated carbocycles. The van der Waals surface area contributed by atoms with E-state index < -0.39 is 5.60 Å². The van der Waals surface area contributed by atoms with E-state index in [9.17, 15) is 5.11 Å². The van der Waals surface area contributed by atoms with Crippen LogP contribution in [-0.2, 0) is 12.8 Å². The Morgan fingerprint density at radius 2 is 1.46 bits per heavy atom. The molecule has 0 spiro atoms. The first-order chi connectivity index (χ1) is 5.98. The summed E-state index contributed by atoms with van der Waals surface area (Å²) in [5.74, 6) is 0. The standard InChI is InChI=1S/C12H16O/c1-8-4-10-6-12(3,13)7-11(10)5-9(8)2/h4-5,13H,6-7H2,1-3H3. The highest BCUT2D eigenvalue weighted by Crippen LogP contribution is 2.31. The number of fused-ring (bicyclic) bond motifs is 1. The Morgan fingerprint density at radius 3 is 1.85 bits per heavy atom. The molecule has 2 rings (SSSR count). The summed E-state index contributed by atoms with van der Waals surface area (Å²) in [6.07, 6.45) is 1.62. The maximum absolute atomic E-state index is 9.90. The molecular weight excluding hydrogens is 160 g/mol. The van der Waals surface area contributed by atoms with Gasteiger partial charge in [0, 0.05) is 12.8 Å². The molecular formula is C12H16O. The second-order valence-corrected chi connectivity index (χ2v) is 4.56. The minimum atomic E-state index is -0.511. The van der Waals surface area contributed by atoms with Crippen molar-refractivity contribution in [2.24, 2.45) is 0 Å². The van der Waals surface area contributed by atoms with Gasteiger partial charge in [-0.3, -0.25) is 0 Å². The molecule has 0 amide bonds. The summed E-state index contributed by atoms with van der Waals surface area (Å²) < 4.78 is 0. The van der Waals surface area contributed by atoms with Crippen LogP contribution < -0.4 is 0 Å². The second-order valence-electron chi connectivity index (χ2n) is 4.56. The van der Waals surface area contributed by atoms with Gasteiger partial charge in [0.2, 0.25) is 0 Å². The van der Waals surface area contributed by atoms with Gasteiger partial charge in [-0.1, -0.05) is 12.1 Å². The van der Waals surface area contributed by atoms with Crippen molar-refractivity contribution in [3.8, 4) is 0 Å². The van der Waals surface area contributed by atoms with Crippen molar-refractivity contribution in [1.29, 1.82) is 0 Å². The van der Waals surface area contributed by atoms with E-state index in [0.717, 1.165) is 12.8 Å². The first-order valence-corrected chi connectivity index (χ1v) is 4.79. The molecule has 0 radical (unpaired) electrons. The highest BCUT2D eigenvalue weighted by molar-refractivity contribution is 5.41. The number of benzene rings is 1. The molecule has 0 atom stereocenters. The largest absolute Gasteiger partial charge is 0.389 e. The van der Waals surface area contributed by atoms with Crippen molar-refractivity contribution in [2.75, 3.05) is 0 Å². The van der Waals surface area contributed by atoms with E-state index in [2.05, 4.69) is 26.0 Å². The van der Waals surface area contributed by atoms with Crippen LogP contribution in [0.25, 0.3) is 0 Å². The van der Waals surface area contributed by atoms with Crippen molar-refractivity contribution in [1.82, 2.24) is 0 Å². The molecule has 0 saturated heterocycles. The molecule has 1 aromatic carbocycles. The predicted octanol–water partition coefficient (Wildman–Crippen LogP) is 2.15. The Kier molecular flexibility index (Phi) is 1.74. The van der Waals surface area contributed by atoms with Crippen LogP contribution in [0.1, 0.15) is 29.2 Å². The second kappa shape index (κ2) is 2.58. The molecule has 0 unspecified atom stereocenters. The molecule has 1 heteroatoms. The average Bonchev–Trinajstić information content (AvgIpc) is 2.24. The van der Waals surface area contributed by atoms with Gasteiger partial charge in [0.05, 0.1) is 5.60 Å². The van der Waals surface area contributed by atoms with Gasteiger partial charge in [-0.05, 0) is 43.0 Å². The molecule has 1 aromatic rings. The van der Waals surface area contributed by atoms with Crippen LogP contribution in [0.4, 0.5) is 0 Å². The van der Waals surface area contributed by atoms with E-state index in [0.29, 0.717) is 0 Å². The van der Waals surface area contributed by atoms with E-state index in [4.69, 9.17) is 0 Å². The zero-order valence-corrected chi connectivity index (χ0v) is 8.52. The number of aliphatic hydroxyl groups is 1. The molecule has 1 N–H and O–H groups in total. The molecule has 13 heavy (non-hydrogen) atoms. The summed E-state index contributed by atoms with van der Waals surface area (Å²) in [4.78, 5) is 0. The van der Waals surface area contributed by atoms with E-state index in [1.165, 1.54) is 22.3 Å². The Labute approximate surface area is 79.4 Å². The first kappa shape index (κ1) is 8.76. The van der Waals surface area contributed by atoms with E-state index in [1.807, 2.05) is 6.92 Å². The lowest BCUT2D eigenvalue weighted by Crippen LogP contribution is -2.23. The fourth-order valence-corrected chi connectivity index (χ4v) is 2.15. The lowest BCUT2D eigenvalue weighted by atomic mass is 10.0. The first-order valence-electron chi connectivity index (χ1n) is 4.79. The van der Waals surface area contributed by atoms with Gasteiger partial charge in [0.1, 0.15) is 0 Å². The predicted molar refractivity (Wildman–Crippen MR) is 53.9 cm³/mol. The van der Waals surface area contributed by atoms with Gasteiger partial charge in [-0.15, -0.1) is 0 Å². The minimum Gasteiger partial charge on any atom is -0.389 e. The normalized spacial score (nSPS) is 18.8. The lowest BCUT2D eigenvalue weighted by Gasteiger charge is -2.13. The van der Waals surface area contributed by atoms with Crippen molar-refractivity contribution in [3.05, 3.63) is 34.4 Å². The van der Waals surface area contributed by atoms with Crippen LogP contribution in [0.5, 0.6) is 0 Å². The van der Waals surface area contributed by atoms with Crippen molar-refractivity contribution in [2.45, 2.75) is 39.2 Å². The van der Waals surface area contributed by atoms with Crippen LogP contribution in [0.3, 0.4) is 0 Å². The Bertz CT molecular complexity index is 317. The molecule has 0 heterocycles.